The number of ketones is 2. The number of thiophene rings is 1. The minimum Gasteiger partial charge on any atom is -0.490 e. The van der Waals surface area contributed by atoms with E-state index in [0.717, 1.165) is 17.8 Å². The number of benzene rings is 1. The minimum atomic E-state index is -0.603. The van der Waals surface area contributed by atoms with Crippen LogP contribution in [0, 0.1) is 0 Å². The Balaban J connectivity index is 1.48. The van der Waals surface area contributed by atoms with Gasteiger partial charge in [0.05, 0.1) is 28.8 Å². The maximum Gasteiger partial charge on any atom is 0.306 e. The number of hydrogen-bond donors (Lipinski definition) is 0. The molecule has 8 heteroatoms. The van der Waals surface area contributed by atoms with Crippen LogP contribution in [0.2, 0.25) is 4.34 Å². The molecule has 0 amide bonds. The normalized spacial score (nSPS) is 12.9. The summed E-state index contributed by atoms with van der Waals surface area (Å²) < 4.78 is 16.5. The molecule has 0 saturated carbocycles. The number of ether oxygens (including phenoxy) is 3. The molecule has 0 unspecified atom stereocenters. The molecule has 0 atom stereocenters. The molecular weight excluding hydrogens is 392 g/mol. The molecule has 1 aliphatic heterocycles. The zero-order valence-electron chi connectivity index (χ0n) is 14.4. The Bertz CT molecular complexity index is 860. The quantitative estimate of drug-likeness (QED) is 0.509. The van der Waals surface area contributed by atoms with E-state index in [-0.39, 0.29) is 31.0 Å². The summed E-state index contributed by atoms with van der Waals surface area (Å²) in [5.41, 5.74) is 0.441. The lowest BCUT2D eigenvalue weighted by atomic mass is 10.1. The van der Waals surface area contributed by atoms with Crippen molar-refractivity contribution in [2.45, 2.75) is 19.3 Å². The summed E-state index contributed by atoms with van der Waals surface area (Å²) in [4.78, 5) is 36.4. The molecule has 6 nitrogen and oxygen atoms in total. The van der Waals surface area contributed by atoms with Gasteiger partial charge < -0.3 is 14.2 Å². The number of fused-ring (bicyclic) bond motifs is 1. The van der Waals surface area contributed by atoms with E-state index >= 15 is 0 Å². The molecular formula is C19H17ClO6S. The van der Waals surface area contributed by atoms with E-state index in [1.807, 2.05) is 0 Å². The van der Waals surface area contributed by atoms with Crippen LogP contribution in [0.15, 0.2) is 30.3 Å². The first-order valence-electron chi connectivity index (χ1n) is 8.40. The average molecular weight is 409 g/mol. The molecule has 0 spiro atoms. The second-order valence-electron chi connectivity index (χ2n) is 5.82. The van der Waals surface area contributed by atoms with Gasteiger partial charge in [0.2, 0.25) is 5.78 Å². The Morgan fingerprint density at radius 2 is 1.78 bits per heavy atom. The van der Waals surface area contributed by atoms with E-state index in [1.54, 1.807) is 30.3 Å². The number of rotatable bonds is 7. The van der Waals surface area contributed by atoms with Crippen LogP contribution in [-0.2, 0) is 9.53 Å². The van der Waals surface area contributed by atoms with E-state index < -0.39 is 5.97 Å². The van der Waals surface area contributed by atoms with E-state index in [1.165, 1.54) is 0 Å². The predicted octanol–water partition coefficient (Wildman–Crippen LogP) is 3.95. The van der Waals surface area contributed by atoms with Crippen LogP contribution in [0.4, 0.5) is 0 Å². The Hall–Kier alpha value is -2.38. The standard InChI is InChI=1S/C19H17ClO6S/c20-18-6-5-17(27-18)14(22)11-26-19(23)7-3-13(21)12-2-4-15-16(10-12)25-9-1-8-24-15/h2,4-6,10H,1,3,7-9,11H2. The molecule has 1 aromatic heterocycles. The van der Waals surface area contributed by atoms with Crippen LogP contribution in [0.1, 0.15) is 39.3 Å². The molecule has 27 heavy (non-hydrogen) atoms. The van der Waals surface area contributed by atoms with Gasteiger partial charge in [0, 0.05) is 18.4 Å². The molecule has 0 radical (unpaired) electrons. The second kappa shape index (κ2) is 9.01. The monoisotopic (exact) mass is 408 g/mol. The van der Waals surface area contributed by atoms with Crippen molar-refractivity contribution in [1.29, 1.82) is 0 Å². The van der Waals surface area contributed by atoms with Crippen LogP contribution < -0.4 is 9.47 Å². The highest BCUT2D eigenvalue weighted by molar-refractivity contribution is 7.18. The summed E-state index contributed by atoms with van der Waals surface area (Å²) >= 11 is 6.89. The van der Waals surface area contributed by atoms with Gasteiger partial charge in [-0.3, -0.25) is 14.4 Å². The molecule has 0 aliphatic carbocycles. The number of carbonyl (C=O) groups excluding carboxylic acids is 3. The highest BCUT2D eigenvalue weighted by Gasteiger charge is 2.17. The van der Waals surface area contributed by atoms with Crippen molar-refractivity contribution in [3.8, 4) is 11.5 Å². The largest absolute Gasteiger partial charge is 0.490 e. The molecule has 0 bridgehead atoms. The molecule has 1 aliphatic rings. The fraction of sp³-hybridized carbons (Fsp3) is 0.316. The van der Waals surface area contributed by atoms with E-state index in [4.69, 9.17) is 25.8 Å². The van der Waals surface area contributed by atoms with Crippen molar-refractivity contribution in [2.24, 2.45) is 0 Å². The van der Waals surface area contributed by atoms with Gasteiger partial charge in [-0.1, -0.05) is 11.6 Å². The number of carbonyl (C=O) groups is 3. The van der Waals surface area contributed by atoms with Crippen LogP contribution >= 0.6 is 22.9 Å². The van der Waals surface area contributed by atoms with Gasteiger partial charge in [0.1, 0.15) is 0 Å². The zero-order valence-corrected chi connectivity index (χ0v) is 15.9. The molecule has 0 fully saturated rings. The van der Waals surface area contributed by atoms with Gasteiger partial charge in [-0.05, 0) is 30.3 Å². The summed E-state index contributed by atoms with van der Waals surface area (Å²) in [6.07, 6.45) is 0.656. The van der Waals surface area contributed by atoms with Crippen LogP contribution in [0.25, 0.3) is 0 Å². The van der Waals surface area contributed by atoms with Crippen molar-refractivity contribution in [1.82, 2.24) is 0 Å². The van der Waals surface area contributed by atoms with Gasteiger partial charge in [-0.15, -0.1) is 11.3 Å². The van der Waals surface area contributed by atoms with Gasteiger partial charge >= 0.3 is 5.97 Å². The van der Waals surface area contributed by atoms with Gasteiger partial charge in [-0.25, -0.2) is 0 Å². The predicted molar refractivity (Wildman–Crippen MR) is 100 cm³/mol. The molecule has 3 rings (SSSR count). The molecule has 2 heterocycles. The number of esters is 1. The third kappa shape index (κ3) is 5.30. The lowest BCUT2D eigenvalue weighted by Gasteiger charge is -2.09. The van der Waals surface area contributed by atoms with Crippen molar-refractivity contribution < 1.29 is 28.6 Å². The van der Waals surface area contributed by atoms with Crippen molar-refractivity contribution >= 4 is 40.5 Å². The Morgan fingerprint density at radius 3 is 2.52 bits per heavy atom. The van der Waals surface area contributed by atoms with Crippen LogP contribution in [-0.4, -0.2) is 37.4 Å². The fourth-order valence-corrected chi connectivity index (χ4v) is 3.42. The molecule has 1 aromatic carbocycles. The summed E-state index contributed by atoms with van der Waals surface area (Å²) in [6.45, 7) is 0.733. The first-order valence-corrected chi connectivity index (χ1v) is 9.59. The van der Waals surface area contributed by atoms with E-state index in [0.29, 0.717) is 39.5 Å². The molecule has 142 valence electrons. The highest BCUT2D eigenvalue weighted by atomic mass is 35.5. The van der Waals surface area contributed by atoms with Gasteiger partial charge in [-0.2, -0.15) is 0 Å². The number of hydrogen-bond acceptors (Lipinski definition) is 7. The summed E-state index contributed by atoms with van der Waals surface area (Å²) in [7, 11) is 0. The summed E-state index contributed by atoms with van der Waals surface area (Å²) in [6, 6.07) is 8.15. The second-order valence-corrected chi connectivity index (χ2v) is 7.54. The number of halogens is 1. The Morgan fingerprint density at radius 1 is 1.00 bits per heavy atom. The maximum atomic E-state index is 12.3. The van der Waals surface area contributed by atoms with Gasteiger partial charge in [0.25, 0.3) is 0 Å². The average Bonchev–Trinajstić information content (AvgIpc) is 2.97. The smallest absolute Gasteiger partial charge is 0.306 e. The zero-order chi connectivity index (χ0) is 19.2. The Kier molecular flexibility index (Phi) is 6.47. The lowest BCUT2D eigenvalue weighted by Crippen LogP contribution is -2.14. The summed E-state index contributed by atoms with van der Waals surface area (Å²) in [5.74, 6) is -0.000999. The fourth-order valence-electron chi connectivity index (χ4n) is 2.45. The van der Waals surface area contributed by atoms with E-state index in [9.17, 15) is 14.4 Å². The minimum absolute atomic E-state index is 0.0164. The summed E-state index contributed by atoms with van der Waals surface area (Å²) in [5, 5.41) is 0. The van der Waals surface area contributed by atoms with Crippen LogP contribution in [0.5, 0.6) is 11.5 Å². The first kappa shape index (κ1) is 19.4. The molecule has 2 aromatic rings. The third-order valence-electron chi connectivity index (χ3n) is 3.84. The van der Waals surface area contributed by atoms with Crippen molar-refractivity contribution in [3.63, 3.8) is 0 Å². The third-order valence-corrected chi connectivity index (χ3v) is 5.11. The van der Waals surface area contributed by atoms with Gasteiger partial charge in [0.15, 0.2) is 23.9 Å². The number of Topliss-reactive ketones (excluding diaryl/α,β-unsaturated/α-hetero) is 2. The maximum absolute atomic E-state index is 12.3. The lowest BCUT2D eigenvalue weighted by molar-refractivity contribution is -0.142. The SMILES string of the molecule is O=C(CCC(=O)c1ccc2c(c1)OCCCO2)OCC(=O)c1ccc(Cl)s1. The first-order chi connectivity index (χ1) is 13.0. The van der Waals surface area contributed by atoms with Crippen molar-refractivity contribution in [2.75, 3.05) is 19.8 Å². The molecule has 0 N–H and O–H groups in total. The van der Waals surface area contributed by atoms with Crippen LogP contribution in [0.3, 0.4) is 0 Å². The topological polar surface area (TPSA) is 78.9 Å². The molecule has 0 saturated heterocycles. The van der Waals surface area contributed by atoms with E-state index in [2.05, 4.69) is 0 Å². The Labute approximate surface area is 165 Å². The van der Waals surface area contributed by atoms with Crippen molar-refractivity contribution in [3.05, 3.63) is 45.1 Å². The highest BCUT2D eigenvalue weighted by Crippen LogP contribution is 2.30.